The Balaban J connectivity index is 1.74. The Hall–Kier alpha value is -1.80. The third kappa shape index (κ3) is 4.42. The molecule has 0 spiro atoms. The average molecular weight is 256 g/mol. The van der Waals surface area contributed by atoms with Gasteiger partial charge in [0.25, 0.3) is 0 Å². The predicted molar refractivity (Wildman–Crippen MR) is 77.5 cm³/mol. The smallest absolute Gasteiger partial charge is 0.115 e. The molecular weight excluding hydrogens is 236 g/mol. The summed E-state index contributed by atoms with van der Waals surface area (Å²) in [6.45, 7) is 3.51. The Labute approximate surface area is 114 Å². The summed E-state index contributed by atoms with van der Waals surface area (Å²) in [5.74, 6) is 0.608. The summed E-state index contributed by atoms with van der Waals surface area (Å²) < 4.78 is 5.71. The fourth-order valence-electron chi connectivity index (χ4n) is 2.02. The van der Waals surface area contributed by atoms with Crippen LogP contribution in [0.1, 0.15) is 24.0 Å². The van der Waals surface area contributed by atoms with E-state index in [9.17, 15) is 5.11 Å². The quantitative estimate of drug-likeness (QED) is 0.797. The monoisotopic (exact) mass is 256 g/mol. The second kappa shape index (κ2) is 6.95. The summed E-state index contributed by atoms with van der Waals surface area (Å²) in [4.78, 5) is 0. The molecule has 2 aromatic rings. The molecule has 100 valence electrons. The summed E-state index contributed by atoms with van der Waals surface area (Å²) in [7, 11) is 0. The van der Waals surface area contributed by atoms with Gasteiger partial charge in [0.1, 0.15) is 5.75 Å². The van der Waals surface area contributed by atoms with E-state index in [4.69, 9.17) is 4.74 Å². The molecule has 0 aliphatic rings. The molecule has 0 heterocycles. The molecule has 0 aliphatic heterocycles. The molecule has 0 amide bonds. The van der Waals surface area contributed by atoms with Gasteiger partial charge in [0, 0.05) is 5.92 Å². The molecule has 19 heavy (non-hydrogen) atoms. The van der Waals surface area contributed by atoms with Crippen LogP contribution in [0.15, 0.2) is 54.6 Å². The highest BCUT2D eigenvalue weighted by Gasteiger charge is 2.06. The molecule has 1 atom stereocenters. The van der Waals surface area contributed by atoms with Crippen LogP contribution in [0.2, 0.25) is 0 Å². The highest BCUT2D eigenvalue weighted by Crippen LogP contribution is 2.19. The number of hydrogen-bond donors (Lipinski definition) is 1. The molecule has 0 radical (unpaired) electrons. The van der Waals surface area contributed by atoms with Gasteiger partial charge in [0.05, 0.1) is 13.2 Å². The summed E-state index contributed by atoms with van der Waals surface area (Å²) in [5.41, 5.74) is 2.41. The number of phenolic OH excluding ortho intramolecular Hbond substituents is 1. The SMILES string of the molecule is CC(COCCc1ccccc1)c1cccc(O)c1. The summed E-state index contributed by atoms with van der Waals surface area (Å²) in [6.07, 6.45) is 0.938. The van der Waals surface area contributed by atoms with Crippen molar-refractivity contribution in [1.29, 1.82) is 0 Å². The van der Waals surface area contributed by atoms with Crippen LogP contribution in [0, 0.1) is 0 Å². The molecule has 0 saturated heterocycles. The first kappa shape index (κ1) is 13.6. The van der Waals surface area contributed by atoms with Gasteiger partial charge in [-0.1, -0.05) is 49.4 Å². The number of rotatable bonds is 6. The van der Waals surface area contributed by atoms with Crippen molar-refractivity contribution in [3.8, 4) is 5.75 Å². The second-order valence-electron chi connectivity index (χ2n) is 4.81. The number of ether oxygens (including phenoxy) is 1. The van der Waals surface area contributed by atoms with Crippen molar-refractivity contribution in [1.82, 2.24) is 0 Å². The topological polar surface area (TPSA) is 29.5 Å². The van der Waals surface area contributed by atoms with Crippen molar-refractivity contribution in [3.63, 3.8) is 0 Å². The molecule has 2 rings (SSSR count). The standard InChI is InChI=1S/C17H20O2/c1-14(16-8-5-9-17(18)12-16)13-19-11-10-15-6-3-2-4-7-15/h2-9,12,14,18H,10-11,13H2,1H3. The van der Waals surface area contributed by atoms with E-state index in [2.05, 4.69) is 19.1 Å². The van der Waals surface area contributed by atoms with Crippen LogP contribution >= 0.6 is 0 Å². The van der Waals surface area contributed by atoms with Crippen LogP contribution in [0.5, 0.6) is 5.75 Å². The van der Waals surface area contributed by atoms with Gasteiger partial charge in [-0.25, -0.2) is 0 Å². The van der Waals surface area contributed by atoms with Crippen LogP contribution < -0.4 is 0 Å². The molecule has 0 saturated carbocycles. The van der Waals surface area contributed by atoms with Gasteiger partial charge in [0.2, 0.25) is 0 Å². The lowest BCUT2D eigenvalue weighted by molar-refractivity contribution is 0.126. The summed E-state index contributed by atoms with van der Waals surface area (Å²) >= 11 is 0. The maximum absolute atomic E-state index is 9.44. The maximum Gasteiger partial charge on any atom is 0.115 e. The first-order chi connectivity index (χ1) is 9.25. The van der Waals surface area contributed by atoms with Gasteiger partial charge < -0.3 is 9.84 Å². The van der Waals surface area contributed by atoms with E-state index in [1.54, 1.807) is 12.1 Å². The van der Waals surface area contributed by atoms with Gasteiger partial charge in [0.15, 0.2) is 0 Å². The van der Waals surface area contributed by atoms with E-state index in [-0.39, 0.29) is 0 Å². The Morgan fingerprint density at radius 1 is 1.05 bits per heavy atom. The molecule has 2 nitrogen and oxygen atoms in total. The minimum Gasteiger partial charge on any atom is -0.508 e. The van der Waals surface area contributed by atoms with Crippen molar-refractivity contribution < 1.29 is 9.84 Å². The number of aromatic hydroxyl groups is 1. The van der Waals surface area contributed by atoms with Crippen molar-refractivity contribution in [2.45, 2.75) is 19.3 Å². The van der Waals surface area contributed by atoms with E-state index >= 15 is 0 Å². The van der Waals surface area contributed by atoms with Crippen LogP contribution in [0.3, 0.4) is 0 Å². The van der Waals surface area contributed by atoms with Crippen molar-refractivity contribution >= 4 is 0 Å². The fraction of sp³-hybridized carbons (Fsp3) is 0.294. The van der Waals surface area contributed by atoms with Crippen molar-refractivity contribution in [2.24, 2.45) is 0 Å². The van der Waals surface area contributed by atoms with E-state index < -0.39 is 0 Å². The molecular formula is C17H20O2. The van der Waals surface area contributed by atoms with E-state index in [1.807, 2.05) is 30.3 Å². The first-order valence-electron chi connectivity index (χ1n) is 6.66. The predicted octanol–water partition coefficient (Wildman–Crippen LogP) is 3.76. The Kier molecular flexibility index (Phi) is 4.99. The zero-order valence-corrected chi connectivity index (χ0v) is 11.3. The van der Waals surface area contributed by atoms with Gasteiger partial charge >= 0.3 is 0 Å². The van der Waals surface area contributed by atoms with Crippen molar-refractivity contribution in [3.05, 3.63) is 65.7 Å². The van der Waals surface area contributed by atoms with Gasteiger partial charge in [-0.05, 0) is 29.7 Å². The molecule has 0 aliphatic carbocycles. The molecule has 0 aromatic heterocycles. The van der Waals surface area contributed by atoms with E-state index in [0.29, 0.717) is 18.3 Å². The van der Waals surface area contributed by atoms with E-state index in [0.717, 1.165) is 18.6 Å². The molecule has 0 fully saturated rings. The Morgan fingerprint density at radius 2 is 1.84 bits per heavy atom. The van der Waals surface area contributed by atoms with Gasteiger partial charge in [-0.2, -0.15) is 0 Å². The number of benzene rings is 2. The zero-order valence-electron chi connectivity index (χ0n) is 11.3. The highest BCUT2D eigenvalue weighted by molar-refractivity contribution is 5.29. The number of hydrogen-bond acceptors (Lipinski definition) is 2. The van der Waals surface area contributed by atoms with E-state index in [1.165, 1.54) is 5.56 Å². The summed E-state index contributed by atoms with van der Waals surface area (Å²) in [6, 6.07) is 17.7. The molecule has 2 heteroatoms. The highest BCUT2D eigenvalue weighted by atomic mass is 16.5. The molecule has 1 unspecified atom stereocenters. The third-order valence-electron chi connectivity index (χ3n) is 3.18. The van der Waals surface area contributed by atoms with Crippen molar-refractivity contribution in [2.75, 3.05) is 13.2 Å². The first-order valence-corrected chi connectivity index (χ1v) is 6.66. The second-order valence-corrected chi connectivity index (χ2v) is 4.81. The Bertz CT molecular complexity index is 494. The summed E-state index contributed by atoms with van der Waals surface area (Å²) in [5, 5.41) is 9.44. The molecule has 1 N–H and O–H groups in total. The largest absolute Gasteiger partial charge is 0.508 e. The van der Waals surface area contributed by atoms with Crippen LogP contribution in [0.25, 0.3) is 0 Å². The van der Waals surface area contributed by atoms with Crippen LogP contribution in [-0.4, -0.2) is 18.3 Å². The van der Waals surface area contributed by atoms with Gasteiger partial charge in [-0.3, -0.25) is 0 Å². The average Bonchev–Trinajstić information content (AvgIpc) is 2.44. The fourth-order valence-corrected chi connectivity index (χ4v) is 2.02. The minimum absolute atomic E-state index is 0.294. The lowest BCUT2D eigenvalue weighted by atomic mass is 10.0. The van der Waals surface area contributed by atoms with Crippen LogP contribution in [-0.2, 0) is 11.2 Å². The maximum atomic E-state index is 9.44. The number of phenols is 1. The normalized spacial score (nSPS) is 12.3. The zero-order chi connectivity index (χ0) is 13.5. The van der Waals surface area contributed by atoms with Crippen LogP contribution in [0.4, 0.5) is 0 Å². The minimum atomic E-state index is 0.294. The lowest BCUT2D eigenvalue weighted by Gasteiger charge is -2.12. The molecule has 0 bridgehead atoms. The third-order valence-corrected chi connectivity index (χ3v) is 3.18. The lowest BCUT2D eigenvalue weighted by Crippen LogP contribution is -2.07. The molecule has 2 aromatic carbocycles. The Morgan fingerprint density at radius 3 is 2.58 bits per heavy atom. The van der Waals surface area contributed by atoms with Gasteiger partial charge in [-0.15, -0.1) is 0 Å².